The number of ketones is 1. The number of amides is 1. The number of unbranched alkanes of at least 4 members (excludes halogenated alkanes) is 6. The number of hydrogen-bond acceptors (Lipinski definition) is 5. The standard InChI is InChI=1S/C61H65NO3S2/c63-57-44-42-50(43-45-57)58(64)40-27-41-59(65)62(46-23-1-3-25-48-66-60(51-28-11-5-12-29-51,52-30-13-6-14-31-52)53-32-15-7-16-33-53)47-24-2-4-26-49-67-61(54-34-17-8-18-35-54,55-36-19-9-20-37-55)56-38-21-10-22-39-56/h5-22,28-39,42-45,63H,1-4,23-27,40-41,46-49H2. The summed E-state index contributed by atoms with van der Waals surface area (Å²) in [5, 5.41) is 9.67. The summed E-state index contributed by atoms with van der Waals surface area (Å²) in [5.41, 5.74) is 8.29. The molecule has 67 heavy (non-hydrogen) atoms. The number of hydrogen-bond donors (Lipinski definition) is 1. The molecule has 0 radical (unpaired) electrons. The van der Waals surface area contributed by atoms with Gasteiger partial charge in [0, 0.05) is 31.5 Å². The van der Waals surface area contributed by atoms with Crippen molar-refractivity contribution < 1.29 is 14.7 Å². The summed E-state index contributed by atoms with van der Waals surface area (Å²) in [5.74, 6) is 2.30. The third-order valence-corrected chi connectivity index (χ3v) is 16.0. The van der Waals surface area contributed by atoms with E-state index in [4.69, 9.17) is 0 Å². The SMILES string of the molecule is O=C(CCCC(=O)N(CCCCCCSC(c1ccccc1)(c1ccccc1)c1ccccc1)CCCCCCSC(c1ccccc1)(c1ccccc1)c1ccccc1)c1ccc(O)cc1. The molecule has 0 aliphatic carbocycles. The Balaban J connectivity index is 0.934. The van der Waals surface area contributed by atoms with Crippen molar-refractivity contribution in [2.75, 3.05) is 24.6 Å². The van der Waals surface area contributed by atoms with Crippen LogP contribution in [0.5, 0.6) is 5.75 Å². The van der Waals surface area contributed by atoms with E-state index in [-0.39, 0.29) is 26.9 Å². The Morgan fingerprint density at radius 3 is 1.01 bits per heavy atom. The maximum atomic E-state index is 13.8. The van der Waals surface area contributed by atoms with Crippen LogP contribution in [-0.4, -0.2) is 46.3 Å². The summed E-state index contributed by atoms with van der Waals surface area (Å²) in [6, 6.07) is 71.8. The van der Waals surface area contributed by atoms with Crippen LogP contribution in [0.2, 0.25) is 0 Å². The number of aromatic hydroxyl groups is 1. The monoisotopic (exact) mass is 923 g/mol. The summed E-state index contributed by atoms with van der Waals surface area (Å²) in [7, 11) is 0. The van der Waals surface area contributed by atoms with Crippen LogP contribution in [0.1, 0.15) is 114 Å². The van der Waals surface area contributed by atoms with Crippen LogP contribution in [0.4, 0.5) is 0 Å². The summed E-state index contributed by atoms with van der Waals surface area (Å²) >= 11 is 4.04. The molecule has 0 atom stereocenters. The summed E-state index contributed by atoms with van der Waals surface area (Å²) in [6.45, 7) is 1.48. The molecule has 7 aromatic carbocycles. The van der Waals surface area contributed by atoms with Crippen molar-refractivity contribution >= 4 is 35.2 Å². The molecule has 7 aromatic rings. The van der Waals surface area contributed by atoms with Crippen molar-refractivity contribution in [1.82, 2.24) is 4.90 Å². The number of phenols is 1. The molecular formula is C61H65NO3S2. The maximum absolute atomic E-state index is 13.8. The second-order valence-corrected chi connectivity index (χ2v) is 19.9. The molecule has 0 saturated heterocycles. The smallest absolute Gasteiger partial charge is 0.222 e. The quantitative estimate of drug-likeness (QED) is 0.0316. The van der Waals surface area contributed by atoms with Crippen molar-refractivity contribution in [3.8, 4) is 5.75 Å². The molecule has 4 nitrogen and oxygen atoms in total. The van der Waals surface area contributed by atoms with Gasteiger partial charge in [-0.15, -0.1) is 23.5 Å². The van der Waals surface area contributed by atoms with Gasteiger partial charge in [-0.1, -0.05) is 208 Å². The summed E-state index contributed by atoms with van der Waals surface area (Å²) in [6.07, 6.45) is 9.59. The predicted octanol–water partition coefficient (Wildman–Crippen LogP) is 15.1. The fourth-order valence-electron chi connectivity index (χ4n) is 9.22. The molecule has 0 saturated carbocycles. The third kappa shape index (κ3) is 13.2. The fraction of sp³-hybridized carbons (Fsp3) is 0.279. The number of nitrogens with zero attached hydrogens (tertiary/aromatic N) is 1. The highest BCUT2D eigenvalue weighted by Gasteiger charge is 2.38. The summed E-state index contributed by atoms with van der Waals surface area (Å²) in [4.78, 5) is 28.8. The topological polar surface area (TPSA) is 57.6 Å². The van der Waals surface area contributed by atoms with Gasteiger partial charge in [0.05, 0.1) is 9.49 Å². The third-order valence-electron chi connectivity index (χ3n) is 12.7. The maximum Gasteiger partial charge on any atom is 0.222 e. The molecule has 7 rings (SSSR count). The molecule has 0 aliphatic rings. The number of rotatable bonds is 27. The highest BCUT2D eigenvalue weighted by Crippen LogP contribution is 2.50. The zero-order chi connectivity index (χ0) is 46.4. The predicted molar refractivity (Wildman–Crippen MR) is 283 cm³/mol. The Morgan fingerprint density at radius 2 is 0.687 bits per heavy atom. The van der Waals surface area contributed by atoms with Gasteiger partial charge in [-0.2, -0.15) is 0 Å². The van der Waals surface area contributed by atoms with Gasteiger partial charge in [0.15, 0.2) is 5.78 Å². The lowest BCUT2D eigenvalue weighted by atomic mass is 9.84. The van der Waals surface area contributed by atoms with Crippen molar-refractivity contribution in [2.45, 2.75) is 80.1 Å². The van der Waals surface area contributed by atoms with Gasteiger partial charge in [-0.25, -0.2) is 0 Å². The lowest BCUT2D eigenvalue weighted by Crippen LogP contribution is -2.33. The largest absolute Gasteiger partial charge is 0.508 e. The number of thioether (sulfide) groups is 2. The molecular weight excluding hydrogens is 859 g/mol. The minimum atomic E-state index is -0.315. The Bertz CT molecular complexity index is 2150. The van der Waals surface area contributed by atoms with Crippen molar-refractivity contribution in [2.24, 2.45) is 0 Å². The lowest BCUT2D eigenvalue weighted by Gasteiger charge is -2.35. The second kappa shape index (κ2) is 25.9. The van der Waals surface area contributed by atoms with Gasteiger partial charge in [0.1, 0.15) is 5.75 Å². The van der Waals surface area contributed by atoms with Crippen LogP contribution in [0.3, 0.4) is 0 Å². The van der Waals surface area contributed by atoms with E-state index in [1.165, 1.54) is 45.5 Å². The summed E-state index contributed by atoms with van der Waals surface area (Å²) < 4.78 is -0.631. The van der Waals surface area contributed by atoms with Crippen LogP contribution in [0.25, 0.3) is 0 Å². The van der Waals surface area contributed by atoms with Crippen LogP contribution >= 0.6 is 23.5 Å². The van der Waals surface area contributed by atoms with Crippen LogP contribution < -0.4 is 0 Å². The van der Waals surface area contributed by atoms with Gasteiger partial charge >= 0.3 is 0 Å². The Kier molecular flexibility index (Phi) is 19.0. The first-order valence-corrected chi connectivity index (χ1v) is 26.2. The van der Waals surface area contributed by atoms with Crippen LogP contribution in [-0.2, 0) is 14.3 Å². The number of benzene rings is 7. The molecule has 0 aromatic heterocycles. The van der Waals surface area contributed by atoms with E-state index in [1.54, 1.807) is 12.1 Å². The Hall–Kier alpha value is -5.82. The van der Waals surface area contributed by atoms with Gasteiger partial charge in [0.25, 0.3) is 0 Å². The molecule has 0 heterocycles. The van der Waals surface area contributed by atoms with E-state index in [0.717, 1.165) is 76.0 Å². The average Bonchev–Trinajstić information content (AvgIpc) is 3.39. The van der Waals surface area contributed by atoms with Crippen molar-refractivity contribution in [3.63, 3.8) is 0 Å². The number of phenolic OH excluding ortho intramolecular Hbond substituents is 1. The van der Waals surface area contributed by atoms with E-state index >= 15 is 0 Å². The minimum Gasteiger partial charge on any atom is -0.508 e. The first-order chi connectivity index (χ1) is 33.0. The van der Waals surface area contributed by atoms with E-state index in [0.29, 0.717) is 24.8 Å². The number of carbonyl (C=O) groups is 2. The molecule has 0 bridgehead atoms. The van der Waals surface area contributed by atoms with Gasteiger partial charge < -0.3 is 10.0 Å². The molecule has 1 amide bonds. The van der Waals surface area contributed by atoms with Gasteiger partial charge in [-0.3, -0.25) is 9.59 Å². The average molecular weight is 924 g/mol. The van der Waals surface area contributed by atoms with E-state index in [1.807, 2.05) is 23.5 Å². The molecule has 6 heteroatoms. The second-order valence-electron chi connectivity index (χ2n) is 17.3. The van der Waals surface area contributed by atoms with E-state index < -0.39 is 0 Å². The van der Waals surface area contributed by atoms with Crippen LogP contribution in [0.15, 0.2) is 206 Å². The normalized spacial score (nSPS) is 11.6. The highest BCUT2D eigenvalue weighted by molar-refractivity contribution is 8.00. The minimum absolute atomic E-state index is 0.00159. The zero-order valence-electron chi connectivity index (χ0n) is 38.8. The Morgan fingerprint density at radius 1 is 0.373 bits per heavy atom. The number of Topliss-reactive ketones (excluding diaryl/α,β-unsaturated/α-hetero) is 1. The molecule has 0 unspecified atom stereocenters. The van der Waals surface area contributed by atoms with Crippen molar-refractivity contribution in [3.05, 3.63) is 245 Å². The van der Waals surface area contributed by atoms with Gasteiger partial charge in [-0.05, 0) is 101 Å². The molecule has 344 valence electrons. The molecule has 1 N–H and O–H groups in total. The lowest BCUT2D eigenvalue weighted by molar-refractivity contribution is -0.131. The fourth-order valence-corrected chi connectivity index (χ4v) is 12.3. The highest BCUT2D eigenvalue weighted by atomic mass is 32.2. The van der Waals surface area contributed by atoms with E-state index in [2.05, 4.69) is 187 Å². The first kappa shape index (κ1) is 49.1. The van der Waals surface area contributed by atoms with E-state index in [9.17, 15) is 14.7 Å². The molecule has 0 spiro atoms. The van der Waals surface area contributed by atoms with Gasteiger partial charge in [0.2, 0.25) is 5.91 Å². The zero-order valence-corrected chi connectivity index (χ0v) is 40.4. The number of carbonyl (C=O) groups excluding carboxylic acids is 2. The first-order valence-electron chi connectivity index (χ1n) is 24.2. The van der Waals surface area contributed by atoms with Crippen molar-refractivity contribution in [1.29, 1.82) is 0 Å². The van der Waals surface area contributed by atoms with Crippen LogP contribution in [0, 0.1) is 0 Å². The Labute approximate surface area is 408 Å². The molecule has 0 fully saturated rings. The molecule has 0 aliphatic heterocycles.